The van der Waals surface area contributed by atoms with Gasteiger partial charge in [-0.15, -0.1) is 11.3 Å². The molecule has 0 saturated heterocycles. The molecule has 2 aromatic rings. The maximum atomic E-state index is 13.6. The van der Waals surface area contributed by atoms with Gasteiger partial charge in [-0.05, 0) is 50.3 Å². The Morgan fingerprint density at radius 2 is 1.93 bits per heavy atom. The van der Waals surface area contributed by atoms with E-state index in [9.17, 15) is 18.8 Å². The number of anilines is 1. The van der Waals surface area contributed by atoms with E-state index in [0.29, 0.717) is 22.5 Å². The van der Waals surface area contributed by atoms with Crippen LogP contribution in [0.25, 0.3) is 0 Å². The highest BCUT2D eigenvalue weighted by Gasteiger charge is 2.31. The number of halogens is 1. The molecule has 6 nitrogen and oxygen atoms in total. The standard InChI is InChI=1S/C21H23FN2O4S/c1-12-13(2)29-20(24-19(26)15-7-8-15)18(12)21(27)28-11-17(25)23-10-9-14-5-3-4-6-16(14)22/h3-6,15H,7-11H2,1-2H3,(H,23,25)(H,24,26). The van der Waals surface area contributed by atoms with Gasteiger partial charge in [-0.1, -0.05) is 18.2 Å². The van der Waals surface area contributed by atoms with E-state index in [1.807, 2.05) is 6.92 Å². The Hall–Kier alpha value is -2.74. The monoisotopic (exact) mass is 418 g/mol. The molecule has 0 bridgehead atoms. The minimum Gasteiger partial charge on any atom is -0.452 e. The molecule has 154 valence electrons. The molecule has 0 aliphatic heterocycles. The molecule has 1 saturated carbocycles. The van der Waals surface area contributed by atoms with Crippen LogP contribution >= 0.6 is 11.3 Å². The van der Waals surface area contributed by atoms with E-state index in [1.165, 1.54) is 17.4 Å². The lowest BCUT2D eigenvalue weighted by Gasteiger charge is -2.09. The molecule has 1 aliphatic carbocycles. The summed E-state index contributed by atoms with van der Waals surface area (Å²) in [6.45, 7) is 3.43. The van der Waals surface area contributed by atoms with Crippen LogP contribution in [0.3, 0.4) is 0 Å². The zero-order valence-corrected chi connectivity index (χ0v) is 17.2. The quantitative estimate of drug-likeness (QED) is 0.644. The Bertz CT molecular complexity index is 937. The number of amides is 2. The molecule has 0 unspecified atom stereocenters. The molecule has 2 amide bonds. The largest absolute Gasteiger partial charge is 0.452 e. The van der Waals surface area contributed by atoms with Crippen molar-refractivity contribution in [1.82, 2.24) is 5.32 Å². The summed E-state index contributed by atoms with van der Waals surface area (Å²) in [6, 6.07) is 6.35. The summed E-state index contributed by atoms with van der Waals surface area (Å²) < 4.78 is 18.7. The molecule has 1 aromatic heterocycles. The molecule has 2 N–H and O–H groups in total. The lowest BCUT2D eigenvalue weighted by molar-refractivity contribution is -0.124. The minimum atomic E-state index is -0.651. The zero-order valence-electron chi connectivity index (χ0n) is 16.3. The predicted octanol–water partition coefficient (Wildman–Crippen LogP) is 3.37. The van der Waals surface area contributed by atoms with Crippen LogP contribution < -0.4 is 10.6 Å². The van der Waals surface area contributed by atoms with Gasteiger partial charge >= 0.3 is 5.97 Å². The Kier molecular flexibility index (Phi) is 6.64. The van der Waals surface area contributed by atoms with Crippen molar-refractivity contribution in [2.24, 2.45) is 5.92 Å². The number of ether oxygens (including phenoxy) is 1. The molecule has 0 spiro atoms. The molecular weight excluding hydrogens is 395 g/mol. The Balaban J connectivity index is 1.51. The van der Waals surface area contributed by atoms with Crippen molar-refractivity contribution in [2.75, 3.05) is 18.5 Å². The van der Waals surface area contributed by atoms with Crippen molar-refractivity contribution < 1.29 is 23.5 Å². The second-order valence-corrected chi connectivity index (χ2v) is 8.24. The van der Waals surface area contributed by atoms with Gasteiger partial charge in [0, 0.05) is 17.3 Å². The lowest BCUT2D eigenvalue weighted by atomic mass is 10.1. The maximum absolute atomic E-state index is 13.6. The summed E-state index contributed by atoms with van der Waals surface area (Å²) in [6.07, 6.45) is 2.07. The second-order valence-electron chi connectivity index (χ2n) is 7.02. The first-order valence-electron chi connectivity index (χ1n) is 9.45. The molecular formula is C21H23FN2O4S. The van der Waals surface area contributed by atoms with Crippen molar-refractivity contribution in [3.8, 4) is 0 Å². The normalized spacial score (nSPS) is 13.1. The first-order chi connectivity index (χ1) is 13.9. The van der Waals surface area contributed by atoms with E-state index in [4.69, 9.17) is 4.74 Å². The van der Waals surface area contributed by atoms with Crippen LogP contribution in [-0.4, -0.2) is 30.9 Å². The predicted molar refractivity (Wildman–Crippen MR) is 109 cm³/mol. The number of esters is 1. The fourth-order valence-corrected chi connectivity index (χ4v) is 3.86. The summed E-state index contributed by atoms with van der Waals surface area (Å²) in [5.41, 5.74) is 1.52. The molecule has 8 heteroatoms. The van der Waals surface area contributed by atoms with Crippen molar-refractivity contribution in [1.29, 1.82) is 0 Å². The van der Waals surface area contributed by atoms with Gasteiger partial charge in [0.2, 0.25) is 5.91 Å². The summed E-state index contributed by atoms with van der Waals surface area (Å²) in [4.78, 5) is 37.4. The van der Waals surface area contributed by atoms with Gasteiger partial charge in [-0.2, -0.15) is 0 Å². The maximum Gasteiger partial charge on any atom is 0.341 e. The number of aryl methyl sites for hydroxylation is 1. The van der Waals surface area contributed by atoms with Gasteiger partial charge in [0.15, 0.2) is 6.61 Å². The van der Waals surface area contributed by atoms with E-state index in [2.05, 4.69) is 10.6 Å². The number of nitrogens with one attached hydrogen (secondary N) is 2. The molecule has 1 aromatic carbocycles. The zero-order chi connectivity index (χ0) is 21.0. The van der Waals surface area contributed by atoms with Crippen LogP contribution in [0.5, 0.6) is 0 Å². The Labute approximate surface area is 172 Å². The summed E-state index contributed by atoms with van der Waals surface area (Å²) in [7, 11) is 0. The van der Waals surface area contributed by atoms with Gasteiger partial charge in [0.05, 0.1) is 5.56 Å². The molecule has 0 radical (unpaired) electrons. The smallest absolute Gasteiger partial charge is 0.341 e. The van der Waals surface area contributed by atoms with Crippen LogP contribution in [0.2, 0.25) is 0 Å². The number of benzene rings is 1. The van der Waals surface area contributed by atoms with Crippen LogP contribution in [0.15, 0.2) is 24.3 Å². The van der Waals surface area contributed by atoms with E-state index in [-0.39, 0.29) is 24.2 Å². The Morgan fingerprint density at radius 3 is 2.62 bits per heavy atom. The van der Waals surface area contributed by atoms with Crippen LogP contribution in [0, 0.1) is 25.6 Å². The third-order valence-corrected chi connectivity index (χ3v) is 5.91. The summed E-state index contributed by atoms with van der Waals surface area (Å²) >= 11 is 1.32. The Morgan fingerprint density at radius 1 is 1.21 bits per heavy atom. The fraction of sp³-hybridized carbons (Fsp3) is 0.381. The van der Waals surface area contributed by atoms with Gasteiger partial charge in [-0.3, -0.25) is 9.59 Å². The number of thiophene rings is 1. The SMILES string of the molecule is Cc1sc(NC(=O)C2CC2)c(C(=O)OCC(=O)NCCc2ccccc2F)c1C. The van der Waals surface area contributed by atoms with Crippen molar-refractivity contribution in [3.05, 3.63) is 51.7 Å². The van der Waals surface area contributed by atoms with Crippen molar-refractivity contribution in [3.63, 3.8) is 0 Å². The van der Waals surface area contributed by atoms with Crippen LogP contribution in [0.1, 0.15) is 39.2 Å². The van der Waals surface area contributed by atoms with Crippen molar-refractivity contribution >= 4 is 34.1 Å². The minimum absolute atomic E-state index is 0.0156. The number of hydrogen-bond donors (Lipinski definition) is 2. The topological polar surface area (TPSA) is 84.5 Å². The molecule has 1 aliphatic rings. The molecule has 1 heterocycles. The summed E-state index contributed by atoms with van der Waals surface area (Å²) in [5, 5.41) is 5.87. The van der Waals surface area contributed by atoms with Gasteiger partial charge < -0.3 is 15.4 Å². The van der Waals surface area contributed by atoms with Gasteiger partial charge in [0.1, 0.15) is 10.8 Å². The second kappa shape index (κ2) is 9.17. The molecule has 3 rings (SSSR count). The van der Waals surface area contributed by atoms with E-state index < -0.39 is 18.5 Å². The van der Waals surface area contributed by atoms with E-state index >= 15 is 0 Å². The highest BCUT2D eigenvalue weighted by atomic mass is 32.1. The van der Waals surface area contributed by atoms with Gasteiger partial charge in [-0.25, -0.2) is 9.18 Å². The van der Waals surface area contributed by atoms with Gasteiger partial charge in [0.25, 0.3) is 5.91 Å². The molecule has 0 atom stereocenters. The number of carbonyl (C=O) groups excluding carboxylic acids is 3. The first kappa shape index (κ1) is 21.0. The van der Waals surface area contributed by atoms with Crippen LogP contribution in [0.4, 0.5) is 9.39 Å². The molecule has 1 fully saturated rings. The highest BCUT2D eigenvalue weighted by Crippen LogP contribution is 2.36. The molecule has 29 heavy (non-hydrogen) atoms. The third kappa shape index (κ3) is 5.41. The summed E-state index contributed by atoms with van der Waals surface area (Å²) in [5.74, 6) is -1.52. The van der Waals surface area contributed by atoms with E-state index in [1.54, 1.807) is 25.1 Å². The number of carbonyl (C=O) groups is 3. The van der Waals surface area contributed by atoms with E-state index in [0.717, 1.165) is 23.3 Å². The fourth-order valence-electron chi connectivity index (χ4n) is 2.81. The van der Waals surface area contributed by atoms with Crippen LogP contribution in [-0.2, 0) is 20.7 Å². The number of hydrogen-bond acceptors (Lipinski definition) is 5. The highest BCUT2D eigenvalue weighted by molar-refractivity contribution is 7.16. The third-order valence-electron chi connectivity index (χ3n) is 4.78. The average Bonchev–Trinajstić information content (AvgIpc) is 3.49. The number of rotatable bonds is 8. The average molecular weight is 418 g/mol. The van der Waals surface area contributed by atoms with Crippen molar-refractivity contribution in [2.45, 2.75) is 33.1 Å². The lowest BCUT2D eigenvalue weighted by Crippen LogP contribution is -2.30. The first-order valence-corrected chi connectivity index (χ1v) is 10.3.